The number of nitrogens with one attached hydrogen (secondary N) is 2. The van der Waals surface area contributed by atoms with E-state index in [0.717, 1.165) is 16.8 Å². The first kappa shape index (κ1) is 26.5. The van der Waals surface area contributed by atoms with Gasteiger partial charge in [-0.3, -0.25) is 14.8 Å². The van der Waals surface area contributed by atoms with E-state index in [1.54, 1.807) is 25.6 Å². The Balaban J connectivity index is 0.00000176. The molecule has 0 saturated heterocycles. The van der Waals surface area contributed by atoms with Gasteiger partial charge >= 0.3 is 0 Å². The summed E-state index contributed by atoms with van der Waals surface area (Å²) in [5, 5.41) is 5.73. The van der Waals surface area contributed by atoms with Crippen LogP contribution in [0.15, 0.2) is 70.0 Å². The molecule has 190 valence electrons. The molecule has 0 fully saturated rings. The largest absolute Gasteiger partial charge is 0.495 e. The summed E-state index contributed by atoms with van der Waals surface area (Å²) in [6.45, 7) is 7.58. The number of hydrogen-bond acceptors (Lipinski definition) is 7. The fraction of sp³-hybridized carbons (Fsp3) is 0.296. The van der Waals surface area contributed by atoms with Crippen molar-refractivity contribution in [1.82, 2.24) is 5.32 Å². The van der Waals surface area contributed by atoms with E-state index in [4.69, 9.17) is 9.47 Å². The first-order chi connectivity index (χ1) is 17.5. The van der Waals surface area contributed by atoms with Crippen molar-refractivity contribution in [3.8, 4) is 5.75 Å². The number of carbonyl (C=O) groups is 1. The zero-order chi connectivity index (χ0) is 25.9. The van der Waals surface area contributed by atoms with Crippen molar-refractivity contribution in [1.29, 1.82) is 0 Å². The first-order valence-corrected chi connectivity index (χ1v) is 11.8. The molecule has 0 spiro atoms. The van der Waals surface area contributed by atoms with E-state index in [2.05, 4.69) is 20.6 Å². The van der Waals surface area contributed by atoms with Crippen LogP contribution in [0.25, 0.3) is 6.08 Å². The van der Waals surface area contributed by atoms with Crippen LogP contribution in [0.4, 0.5) is 15.8 Å². The number of anilines is 2. The van der Waals surface area contributed by atoms with Gasteiger partial charge in [0.05, 0.1) is 38.8 Å². The Bertz CT molecular complexity index is 1170. The molecule has 9 heteroatoms. The number of aliphatic imine (C=N–C) groups is 2. The highest BCUT2D eigenvalue weighted by Crippen LogP contribution is 2.31. The second-order valence-corrected chi connectivity index (χ2v) is 7.77. The number of benzene rings is 2. The minimum atomic E-state index is -0.334. The summed E-state index contributed by atoms with van der Waals surface area (Å²) in [7, 11) is 1.62. The second-order valence-electron chi connectivity index (χ2n) is 7.77. The van der Waals surface area contributed by atoms with Crippen molar-refractivity contribution in [3.63, 3.8) is 0 Å². The smallest absolute Gasteiger partial charge is 0.244 e. The molecule has 2 aliphatic rings. The number of amides is 1. The van der Waals surface area contributed by atoms with Gasteiger partial charge in [0.15, 0.2) is 11.6 Å². The summed E-state index contributed by atoms with van der Waals surface area (Å²) in [6, 6.07) is 11.6. The summed E-state index contributed by atoms with van der Waals surface area (Å²) >= 11 is 0. The second kappa shape index (κ2) is 13.1. The predicted octanol–water partition coefficient (Wildman–Crippen LogP) is 4.61. The SMILES string of the molecule is CC.COc1cc(/C=C2\OCCN=C2NC(=O)CNc2ccc(F)cc2)ccc1N1C=NCC(C)=C1. The van der Waals surface area contributed by atoms with Crippen molar-refractivity contribution >= 4 is 35.5 Å². The van der Waals surface area contributed by atoms with Gasteiger partial charge in [-0.2, -0.15) is 0 Å². The van der Waals surface area contributed by atoms with Gasteiger partial charge in [0, 0.05) is 11.9 Å². The lowest BCUT2D eigenvalue weighted by atomic mass is 10.1. The van der Waals surface area contributed by atoms with Gasteiger partial charge in [-0.1, -0.05) is 19.9 Å². The zero-order valence-corrected chi connectivity index (χ0v) is 21.0. The summed E-state index contributed by atoms with van der Waals surface area (Å²) < 4.78 is 24.4. The Morgan fingerprint density at radius 2 is 2.00 bits per heavy atom. The Kier molecular flexibility index (Phi) is 9.62. The number of methoxy groups -OCH3 is 1. The third kappa shape index (κ3) is 7.18. The van der Waals surface area contributed by atoms with E-state index in [-0.39, 0.29) is 18.3 Å². The van der Waals surface area contributed by atoms with Crippen molar-refractivity contribution < 1.29 is 18.7 Å². The lowest BCUT2D eigenvalue weighted by Gasteiger charge is -2.22. The Morgan fingerprint density at radius 3 is 2.72 bits per heavy atom. The maximum Gasteiger partial charge on any atom is 0.244 e. The van der Waals surface area contributed by atoms with Crippen molar-refractivity contribution in [2.45, 2.75) is 20.8 Å². The minimum absolute atomic E-state index is 0.00474. The van der Waals surface area contributed by atoms with Crippen molar-refractivity contribution in [2.24, 2.45) is 9.98 Å². The lowest BCUT2D eigenvalue weighted by Crippen LogP contribution is -2.38. The molecule has 0 aromatic heterocycles. The van der Waals surface area contributed by atoms with Gasteiger partial charge in [0.2, 0.25) is 5.91 Å². The molecule has 0 saturated carbocycles. The fourth-order valence-electron chi connectivity index (χ4n) is 3.46. The minimum Gasteiger partial charge on any atom is -0.495 e. The Morgan fingerprint density at radius 1 is 1.22 bits per heavy atom. The van der Waals surface area contributed by atoms with Crippen LogP contribution in [0.3, 0.4) is 0 Å². The van der Waals surface area contributed by atoms with Crippen molar-refractivity contribution in [2.75, 3.05) is 43.6 Å². The monoisotopic (exact) mass is 493 g/mol. The first-order valence-electron chi connectivity index (χ1n) is 11.8. The average molecular weight is 494 g/mol. The molecular formula is C27H32FN5O3. The molecule has 0 aliphatic carbocycles. The van der Waals surface area contributed by atoms with Gasteiger partial charge < -0.3 is 25.0 Å². The number of rotatable bonds is 6. The van der Waals surface area contributed by atoms with E-state index in [1.165, 1.54) is 12.1 Å². The molecule has 4 rings (SSSR count). The number of nitrogens with zero attached hydrogens (tertiary/aromatic N) is 3. The molecule has 36 heavy (non-hydrogen) atoms. The van der Waals surface area contributed by atoms with Crippen LogP contribution in [0.1, 0.15) is 26.3 Å². The van der Waals surface area contributed by atoms with Crippen LogP contribution in [0, 0.1) is 5.82 Å². The standard InChI is InChI=1S/C25H26FN5O3.C2H6/c1-17-13-27-16-31(15-17)21-8-3-18(11-22(21)33-2)12-23-25(28-9-10-34-23)30-24(32)14-29-20-6-4-19(26)5-7-20;1-2/h3-8,11-12,15-16,29H,9-10,13-14H2,1-2H3,(H,28,30,32);1-2H3/b23-12-;. The number of halogens is 1. The van der Waals surface area contributed by atoms with E-state index in [1.807, 2.05) is 56.1 Å². The van der Waals surface area contributed by atoms with Crippen LogP contribution in [-0.4, -0.2) is 51.4 Å². The van der Waals surface area contributed by atoms with E-state index in [9.17, 15) is 9.18 Å². The summed E-state index contributed by atoms with van der Waals surface area (Å²) in [4.78, 5) is 23.1. The van der Waals surface area contributed by atoms with E-state index >= 15 is 0 Å². The fourth-order valence-corrected chi connectivity index (χ4v) is 3.46. The van der Waals surface area contributed by atoms with E-state index < -0.39 is 0 Å². The normalized spacial score (nSPS) is 15.7. The third-order valence-corrected chi connectivity index (χ3v) is 5.09. The molecule has 8 nitrogen and oxygen atoms in total. The molecule has 2 aromatic carbocycles. The number of hydrogen-bond donors (Lipinski definition) is 2. The lowest BCUT2D eigenvalue weighted by molar-refractivity contribution is -0.118. The van der Waals surface area contributed by atoms with Gasteiger partial charge in [-0.05, 0) is 60.5 Å². The Hall–Kier alpha value is -4.14. The molecule has 0 radical (unpaired) electrons. The highest BCUT2D eigenvalue weighted by atomic mass is 19.1. The molecule has 0 bridgehead atoms. The topological polar surface area (TPSA) is 87.5 Å². The number of carbonyl (C=O) groups excluding carboxylic acids is 1. The maximum atomic E-state index is 13.0. The van der Waals surface area contributed by atoms with Gasteiger partial charge in [-0.15, -0.1) is 0 Å². The van der Waals surface area contributed by atoms with Crippen LogP contribution in [0.5, 0.6) is 5.75 Å². The van der Waals surface area contributed by atoms with Gasteiger partial charge in [0.1, 0.15) is 18.2 Å². The van der Waals surface area contributed by atoms with Crippen LogP contribution < -0.4 is 20.3 Å². The molecular weight excluding hydrogens is 461 g/mol. The molecule has 2 aliphatic heterocycles. The molecule has 2 heterocycles. The quantitative estimate of drug-likeness (QED) is 0.614. The molecule has 0 atom stereocenters. The molecule has 1 amide bonds. The van der Waals surface area contributed by atoms with Gasteiger partial charge in [-0.25, -0.2) is 4.39 Å². The number of ether oxygens (including phenoxy) is 2. The third-order valence-electron chi connectivity index (χ3n) is 5.09. The van der Waals surface area contributed by atoms with E-state index in [0.29, 0.717) is 42.7 Å². The summed E-state index contributed by atoms with van der Waals surface area (Å²) in [5.41, 5.74) is 3.49. The average Bonchev–Trinajstić information content (AvgIpc) is 2.90. The summed E-state index contributed by atoms with van der Waals surface area (Å²) in [5.74, 6) is 0.875. The Labute approximate surface area is 211 Å². The molecule has 0 unspecified atom stereocenters. The van der Waals surface area contributed by atoms with Crippen LogP contribution >= 0.6 is 0 Å². The molecule has 2 aromatic rings. The molecule has 2 N–H and O–H groups in total. The maximum absolute atomic E-state index is 13.0. The van der Waals surface area contributed by atoms with Crippen LogP contribution in [0.2, 0.25) is 0 Å². The zero-order valence-electron chi connectivity index (χ0n) is 21.0. The summed E-state index contributed by atoms with van der Waals surface area (Å²) in [6.07, 6.45) is 5.60. The highest BCUT2D eigenvalue weighted by Gasteiger charge is 2.18. The number of amidine groups is 1. The predicted molar refractivity (Wildman–Crippen MR) is 143 cm³/mol. The van der Waals surface area contributed by atoms with Gasteiger partial charge in [0.25, 0.3) is 0 Å². The van der Waals surface area contributed by atoms with Crippen molar-refractivity contribution in [3.05, 3.63) is 71.4 Å². The van der Waals surface area contributed by atoms with Crippen LogP contribution in [-0.2, 0) is 9.53 Å². The highest BCUT2D eigenvalue weighted by molar-refractivity contribution is 6.09.